The van der Waals surface area contributed by atoms with E-state index >= 15 is 0 Å². The molecule has 148 valence electrons. The van der Waals surface area contributed by atoms with Crippen molar-refractivity contribution >= 4 is 44.2 Å². The second kappa shape index (κ2) is 8.90. The number of halogens is 1. The Bertz CT molecular complexity index is 987. The van der Waals surface area contributed by atoms with Gasteiger partial charge in [-0.15, -0.1) is 0 Å². The number of fused-ring (bicyclic) bond motifs is 1. The van der Waals surface area contributed by atoms with Crippen LogP contribution in [0.3, 0.4) is 0 Å². The summed E-state index contributed by atoms with van der Waals surface area (Å²) in [5.74, 6) is 0.600. The highest BCUT2D eigenvalue weighted by Crippen LogP contribution is 2.33. The first-order valence-electron chi connectivity index (χ1n) is 9.06. The highest BCUT2D eigenvalue weighted by Gasteiger charge is 2.21. The zero-order chi connectivity index (χ0) is 20.3. The minimum Gasteiger partial charge on any atom is -0.483 e. The molecule has 28 heavy (non-hydrogen) atoms. The Kier molecular flexibility index (Phi) is 6.54. The van der Waals surface area contributed by atoms with Crippen molar-refractivity contribution in [3.8, 4) is 5.75 Å². The van der Waals surface area contributed by atoms with Crippen molar-refractivity contribution in [1.29, 1.82) is 0 Å². The molecule has 0 fully saturated rings. The van der Waals surface area contributed by atoms with Crippen molar-refractivity contribution in [1.82, 2.24) is 9.88 Å². The molecule has 1 amide bonds. The van der Waals surface area contributed by atoms with Gasteiger partial charge in [-0.05, 0) is 57.3 Å². The number of hydrogen-bond acceptors (Lipinski definition) is 5. The quantitative estimate of drug-likeness (QED) is 0.566. The summed E-state index contributed by atoms with van der Waals surface area (Å²) in [6.07, 6.45) is 0. The zero-order valence-electron chi connectivity index (χ0n) is 16.5. The standard InChI is InChI=1S/C21H24ClN3O2S/c1-14-7-5-6-8-17(14)27-13-19(26)25(12-11-24(3)4)21-23-20-15(2)16(22)9-10-18(20)28-21/h5-10H,11-13H2,1-4H3. The Morgan fingerprint density at radius 2 is 1.89 bits per heavy atom. The summed E-state index contributed by atoms with van der Waals surface area (Å²) in [7, 11) is 3.96. The van der Waals surface area contributed by atoms with E-state index in [4.69, 9.17) is 21.3 Å². The molecule has 0 radical (unpaired) electrons. The van der Waals surface area contributed by atoms with Crippen molar-refractivity contribution < 1.29 is 9.53 Å². The van der Waals surface area contributed by atoms with Crippen LogP contribution in [0.25, 0.3) is 10.2 Å². The van der Waals surface area contributed by atoms with Crippen LogP contribution in [-0.2, 0) is 4.79 Å². The van der Waals surface area contributed by atoms with Crippen LogP contribution in [0.4, 0.5) is 5.13 Å². The molecule has 0 atom stereocenters. The number of carbonyl (C=O) groups excluding carboxylic acids is 1. The molecule has 0 N–H and O–H groups in total. The fourth-order valence-electron chi connectivity index (χ4n) is 2.77. The third-order valence-corrected chi connectivity index (χ3v) is 5.94. The summed E-state index contributed by atoms with van der Waals surface area (Å²) in [6.45, 7) is 5.14. The van der Waals surface area contributed by atoms with E-state index in [1.807, 2.05) is 69.2 Å². The van der Waals surface area contributed by atoms with Gasteiger partial charge < -0.3 is 9.64 Å². The number of aromatic nitrogens is 1. The van der Waals surface area contributed by atoms with Gasteiger partial charge in [0.05, 0.1) is 10.2 Å². The van der Waals surface area contributed by atoms with Gasteiger partial charge in [0.25, 0.3) is 5.91 Å². The van der Waals surface area contributed by atoms with E-state index in [-0.39, 0.29) is 12.5 Å². The third-order valence-electron chi connectivity index (χ3n) is 4.48. The monoisotopic (exact) mass is 417 g/mol. The number of para-hydroxylation sites is 1. The van der Waals surface area contributed by atoms with Gasteiger partial charge in [0.2, 0.25) is 0 Å². The number of anilines is 1. The fraction of sp³-hybridized carbons (Fsp3) is 0.333. The maximum Gasteiger partial charge on any atom is 0.266 e. The van der Waals surface area contributed by atoms with E-state index in [2.05, 4.69) is 0 Å². The molecule has 0 spiro atoms. The molecule has 7 heteroatoms. The second-order valence-electron chi connectivity index (χ2n) is 6.92. The minimum atomic E-state index is -0.118. The molecule has 5 nitrogen and oxygen atoms in total. The van der Waals surface area contributed by atoms with Gasteiger partial charge in [-0.25, -0.2) is 4.98 Å². The first kappa shape index (κ1) is 20.6. The predicted octanol–water partition coefficient (Wildman–Crippen LogP) is 4.54. The van der Waals surface area contributed by atoms with Crippen LogP contribution in [-0.4, -0.2) is 49.6 Å². The molecule has 0 aliphatic heterocycles. The van der Waals surface area contributed by atoms with Crippen molar-refractivity contribution in [2.75, 3.05) is 38.7 Å². The molecular weight excluding hydrogens is 394 g/mol. The molecule has 1 aromatic heterocycles. The number of amides is 1. The lowest BCUT2D eigenvalue weighted by molar-refractivity contribution is -0.120. The minimum absolute atomic E-state index is 0.0338. The molecule has 3 rings (SSSR count). The number of likely N-dealkylation sites (N-methyl/N-ethyl adjacent to an activating group) is 1. The summed E-state index contributed by atoms with van der Waals surface area (Å²) >= 11 is 7.73. The number of thiazole rings is 1. The van der Waals surface area contributed by atoms with Gasteiger partial charge in [-0.2, -0.15) is 0 Å². The molecule has 0 unspecified atom stereocenters. The second-order valence-corrected chi connectivity index (χ2v) is 8.33. The topological polar surface area (TPSA) is 45.7 Å². The number of aryl methyl sites for hydroxylation is 2. The molecule has 0 aliphatic carbocycles. The lowest BCUT2D eigenvalue weighted by Gasteiger charge is -2.22. The van der Waals surface area contributed by atoms with Crippen molar-refractivity contribution in [3.05, 3.63) is 52.5 Å². The van der Waals surface area contributed by atoms with E-state index in [0.29, 0.717) is 16.7 Å². The summed E-state index contributed by atoms with van der Waals surface area (Å²) < 4.78 is 6.79. The van der Waals surface area contributed by atoms with Gasteiger partial charge in [0.15, 0.2) is 11.7 Å². The number of benzene rings is 2. The fourth-order valence-corrected chi connectivity index (χ4v) is 3.99. The van der Waals surface area contributed by atoms with Crippen LogP contribution in [0.15, 0.2) is 36.4 Å². The Balaban J connectivity index is 1.85. The van der Waals surface area contributed by atoms with E-state index in [1.165, 1.54) is 11.3 Å². The van der Waals surface area contributed by atoms with Crippen LogP contribution in [0.1, 0.15) is 11.1 Å². The number of rotatable bonds is 7. The van der Waals surface area contributed by atoms with E-state index in [0.717, 1.165) is 33.6 Å². The molecule has 1 heterocycles. The normalized spacial score (nSPS) is 11.2. The predicted molar refractivity (Wildman–Crippen MR) is 117 cm³/mol. The lowest BCUT2D eigenvalue weighted by atomic mass is 10.2. The highest BCUT2D eigenvalue weighted by molar-refractivity contribution is 7.22. The Hall–Kier alpha value is -2.15. The maximum atomic E-state index is 13.0. The molecule has 2 aromatic carbocycles. The molecule has 3 aromatic rings. The van der Waals surface area contributed by atoms with Gasteiger partial charge in [0, 0.05) is 18.1 Å². The number of ether oxygens (including phenoxy) is 1. The maximum absolute atomic E-state index is 13.0. The average Bonchev–Trinajstić information content (AvgIpc) is 3.09. The number of nitrogens with zero attached hydrogens (tertiary/aromatic N) is 3. The van der Waals surface area contributed by atoms with Gasteiger partial charge >= 0.3 is 0 Å². The van der Waals surface area contributed by atoms with Crippen molar-refractivity contribution in [2.24, 2.45) is 0 Å². The van der Waals surface area contributed by atoms with Crippen molar-refractivity contribution in [3.63, 3.8) is 0 Å². The lowest BCUT2D eigenvalue weighted by Crippen LogP contribution is -2.39. The SMILES string of the molecule is Cc1ccccc1OCC(=O)N(CCN(C)C)c1nc2c(C)c(Cl)ccc2s1. The van der Waals surface area contributed by atoms with Gasteiger partial charge in [0.1, 0.15) is 5.75 Å². The molecule has 0 bridgehead atoms. The smallest absolute Gasteiger partial charge is 0.266 e. The summed E-state index contributed by atoms with van der Waals surface area (Å²) in [5, 5.41) is 1.35. The van der Waals surface area contributed by atoms with Crippen LogP contribution in [0, 0.1) is 13.8 Å². The van der Waals surface area contributed by atoms with E-state index in [1.54, 1.807) is 4.90 Å². The first-order chi connectivity index (χ1) is 13.4. The third kappa shape index (κ3) is 4.63. The molecular formula is C21H24ClN3O2S. The van der Waals surface area contributed by atoms with Crippen LogP contribution in [0.2, 0.25) is 5.02 Å². The summed E-state index contributed by atoms with van der Waals surface area (Å²) in [6, 6.07) is 11.5. The van der Waals surface area contributed by atoms with Gasteiger partial charge in [-0.3, -0.25) is 9.69 Å². The summed E-state index contributed by atoms with van der Waals surface area (Å²) in [4.78, 5) is 21.4. The first-order valence-corrected chi connectivity index (χ1v) is 10.3. The van der Waals surface area contributed by atoms with Crippen LogP contribution in [0.5, 0.6) is 5.75 Å². The zero-order valence-corrected chi connectivity index (χ0v) is 18.1. The molecule has 0 saturated carbocycles. The largest absolute Gasteiger partial charge is 0.483 e. The highest BCUT2D eigenvalue weighted by atomic mass is 35.5. The van der Waals surface area contributed by atoms with Gasteiger partial charge in [-0.1, -0.05) is 41.1 Å². The number of hydrogen-bond donors (Lipinski definition) is 0. The van der Waals surface area contributed by atoms with E-state index < -0.39 is 0 Å². The average molecular weight is 418 g/mol. The van der Waals surface area contributed by atoms with Crippen LogP contribution < -0.4 is 9.64 Å². The molecule has 0 aliphatic rings. The van der Waals surface area contributed by atoms with E-state index in [9.17, 15) is 4.79 Å². The van der Waals surface area contributed by atoms with Crippen molar-refractivity contribution in [2.45, 2.75) is 13.8 Å². The number of carbonyl (C=O) groups is 1. The Labute approximate surface area is 174 Å². The Morgan fingerprint density at radius 1 is 1.14 bits per heavy atom. The molecule has 0 saturated heterocycles. The summed E-state index contributed by atoms with van der Waals surface area (Å²) in [5.41, 5.74) is 2.77. The Morgan fingerprint density at radius 3 is 2.61 bits per heavy atom. The van der Waals surface area contributed by atoms with Crippen LogP contribution >= 0.6 is 22.9 Å².